The van der Waals surface area contributed by atoms with E-state index in [2.05, 4.69) is 4.72 Å². The minimum Gasteiger partial charge on any atom is -0.391 e. The van der Waals surface area contributed by atoms with Gasteiger partial charge in [-0.3, -0.25) is 4.72 Å². The van der Waals surface area contributed by atoms with E-state index in [1.54, 1.807) is 12.3 Å². The molecule has 0 atom stereocenters. The second-order valence-electron chi connectivity index (χ2n) is 4.06. The van der Waals surface area contributed by atoms with Crippen molar-refractivity contribution in [2.45, 2.75) is 18.4 Å². The first-order valence-corrected chi connectivity index (χ1v) is 8.25. The molecule has 108 valence electrons. The molecule has 0 unspecified atom stereocenters. The highest BCUT2D eigenvalue weighted by Gasteiger charge is 2.23. The summed E-state index contributed by atoms with van der Waals surface area (Å²) < 4.78 is 40.3. The fourth-order valence-corrected chi connectivity index (χ4v) is 4.62. The van der Waals surface area contributed by atoms with Gasteiger partial charge in [0.05, 0.1) is 17.2 Å². The van der Waals surface area contributed by atoms with Crippen LogP contribution in [0.3, 0.4) is 0 Å². The maximum Gasteiger partial charge on any atom is 0.263 e. The molecule has 0 amide bonds. The summed E-state index contributed by atoms with van der Waals surface area (Å²) in [6, 6.07) is 3.59. The minimum absolute atomic E-state index is 0.0237. The second-order valence-corrected chi connectivity index (χ2v) is 7.08. The van der Waals surface area contributed by atoms with Crippen LogP contribution in [0, 0.1) is 12.7 Å². The van der Waals surface area contributed by atoms with Crippen LogP contribution >= 0.6 is 22.9 Å². The molecular formula is C12H11ClFNO3S2. The Labute approximate surface area is 124 Å². The number of aliphatic hydroxyl groups excluding tert-OH is 1. The Bertz CT molecular complexity index is 743. The average Bonchev–Trinajstić information content (AvgIpc) is 2.75. The van der Waals surface area contributed by atoms with Gasteiger partial charge in [-0.2, -0.15) is 0 Å². The molecule has 0 aliphatic carbocycles. The third kappa shape index (κ3) is 2.95. The zero-order valence-corrected chi connectivity index (χ0v) is 12.7. The van der Waals surface area contributed by atoms with Gasteiger partial charge in [0.1, 0.15) is 10.7 Å². The van der Waals surface area contributed by atoms with Crippen LogP contribution in [0.5, 0.6) is 0 Å². The topological polar surface area (TPSA) is 66.4 Å². The van der Waals surface area contributed by atoms with Crippen molar-refractivity contribution in [2.75, 3.05) is 4.72 Å². The number of benzene rings is 1. The summed E-state index contributed by atoms with van der Waals surface area (Å²) in [7, 11) is -3.98. The molecule has 0 saturated carbocycles. The lowest BCUT2D eigenvalue weighted by Crippen LogP contribution is -2.15. The summed E-state index contributed by atoms with van der Waals surface area (Å²) in [5.74, 6) is -0.726. The Morgan fingerprint density at radius 1 is 1.45 bits per heavy atom. The molecule has 1 aromatic heterocycles. The van der Waals surface area contributed by atoms with E-state index in [1.807, 2.05) is 0 Å². The van der Waals surface area contributed by atoms with Crippen molar-refractivity contribution in [3.63, 3.8) is 0 Å². The van der Waals surface area contributed by atoms with Gasteiger partial charge in [-0.05, 0) is 36.1 Å². The van der Waals surface area contributed by atoms with Crippen LogP contribution in [0.25, 0.3) is 0 Å². The number of aryl methyl sites for hydroxylation is 1. The molecule has 0 bridgehead atoms. The monoisotopic (exact) mass is 335 g/mol. The predicted molar refractivity (Wildman–Crippen MR) is 77.2 cm³/mol. The number of hydrogen-bond donors (Lipinski definition) is 2. The zero-order valence-electron chi connectivity index (χ0n) is 10.4. The van der Waals surface area contributed by atoms with Gasteiger partial charge in [-0.25, -0.2) is 12.8 Å². The van der Waals surface area contributed by atoms with Crippen molar-refractivity contribution in [1.29, 1.82) is 0 Å². The number of rotatable bonds is 4. The Hall–Kier alpha value is -1.15. The van der Waals surface area contributed by atoms with Crippen molar-refractivity contribution in [3.8, 4) is 0 Å². The number of halogens is 2. The molecular weight excluding hydrogens is 325 g/mol. The lowest BCUT2D eigenvalue weighted by Gasteiger charge is -2.10. The lowest BCUT2D eigenvalue weighted by atomic mass is 10.3. The summed E-state index contributed by atoms with van der Waals surface area (Å²) in [4.78, 5) is 0.279. The quantitative estimate of drug-likeness (QED) is 0.902. The standard InChI is InChI=1S/C12H11ClFNO3S2/c1-7-6-19-11(5-16)12(7)20(17,18)15-10-4-8(13)2-3-9(10)14/h2-4,6,15-16H,5H2,1H3. The van der Waals surface area contributed by atoms with Gasteiger partial charge in [0, 0.05) is 5.02 Å². The molecule has 0 spiro atoms. The number of anilines is 1. The normalized spacial score (nSPS) is 11.6. The first-order chi connectivity index (χ1) is 9.35. The second kappa shape index (κ2) is 5.69. The van der Waals surface area contributed by atoms with Gasteiger partial charge in [0.15, 0.2) is 0 Å². The largest absolute Gasteiger partial charge is 0.391 e. The van der Waals surface area contributed by atoms with E-state index >= 15 is 0 Å². The highest BCUT2D eigenvalue weighted by Crippen LogP contribution is 2.30. The summed E-state index contributed by atoms with van der Waals surface area (Å²) in [5.41, 5.74) is 0.265. The van der Waals surface area contributed by atoms with Crippen LogP contribution in [-0.2, 0) is 16.6 Å². The number of thiophene rings is 1. The highest BCUT2D eigenvalue weighted by molar-refractivity contribution is 7.93. The molecule has 0 aliphatic heterocycles. The SMILES string of the molecule is Cc1csc(CO)c1S(=O)(=O)Nc1cc(Cl)ccc1F. The van der Waals surface area contributed by atoms with E-state index in [0.717, 1.165) is 17.4 Å². The molecule has 1 aromatic carbocycles. The molecule has 0 fully saturated rings. The van der Waals surface area contributed by atoms with Gasteiger partial charge in [-0.15, -0.1) is 11.3 Å². The van der Waals surface area contributed by atoms with E-state index in [-0.39, 0.29) is 15.6 Å². The van der Waals surface area contributed by atoms with Gasteiger partial charge < -0.3 is 5.11 Å². The molecule has 2 rings (SSSR count). The number of sulfonamides is 1. The van der Waals surface area contributed by atoms with Gasteiger partial charge >= 0.3 is 0 Å². The van der Waals surface area contributed by atoms with Gasteiger partial charge in [0.2, 0.25) is 0 Å². The van der Waals surface area contributed by atoms with E-state index in [9.17, 15) is 17.9 Å². The average molecular weight is 336 g/mol. The van der Waals surface area contributed by atoms with E-state index in [1.165, 1.54) is 12.1 Å². The molecule has 1 heterocycles. The Balaban J connectivity index is 2.46. The minimum atomic E-state index is -3.98. The smallest absolute Gasteiger partial charge is 0.263 e. The summed E-state index contributed by atoms with van der Waals surface area (Å²) >= 11 is 6.85. The predicted octanol–water partition coefficient (Wildman–Crippen LogP) is 3.14. The van der Waals surface area contributed by atoms with Crippen LogP contribution in [0.4, 0.5) is 10.1 Å². The third-order valence-electron chi connectivity index (χ3n) is 2.57. The number of hydrogen-bond acceptors (Lipinski definition) is 4. The third-order valence-corrected chi connectivity index (χ3v) is 5.62. The van der Waals surface area contributed by atoms with Crippen LogP contribution in [0.2, 0.25) is 5.02 Å². The Kier molecular flexibility index (Phi) is 4.33. The van der Waals surface area contributed by atoms with Crippen molar-refractivity contribution >= 4 is 38.6 Å². The van der Waals surface area contributed by atoms with E-state index < -0.39 is 22.4 Å². The van der Waals surface area contributed by atoms with Crippen molar-refractivity contribution < 1.29 is 17.9 Å². The van der Waals surface area contributed by atoms with Crippen molar-refractivity contribution in [3.05, 3.63) is 44.9 Å². The van der Waals surface area contributed by atoms with Gasteiger partial charge in [0.25, 0.3) is 10.0 Å². The number of nitrogens with one attached hydrogen (secondary N) is 1. The number of aliphatic hydroxyl groups is 1. The molecule has 0 saturated heterocycles. The summed E-state index contributed by atoms with van der Waals surface area (Å²) in [6.45, 7) is 1.21. The summed E-state index contributed by atoms with van der Waals surface area (Å²) in [6.07, 6.45) is 0. The van der Waals surface area contributed by atoms with E-state index in [4.69, 9.17) is 11.6 Å². The van der Waals surface area contributed by atoms with Crippen molar-refractivity contribution in [2.24, 2.45) is 0 Å². The zero-order chi connectivity index (χ0) is 14.9. The molecule has 0 radical (unpaired) electrons. The highest BCUT2D eigenvalue weighted by atomic mass is 35.5. The van der Waals surface area contributed by atoms with Crippen LogP contribution in [0.15, 0.2) is 28.5 Å². The molecule has 2 N–H and O–H groups in total. The fraction of sp³-hybridized carbons (Fsp3) is 0.167. The van der Waals surface area contributed by atoms with Crippen LogP contribution in [-0.4, -0.2) is 13.5 Å². The molecule has 4 nitrogen and oxygen atoms in total. The fourth-order valence-electron chi connectivity index (χ4n) is 1.73. The molecule has 20 heavy (non-hydrogen) atoms. The van der Waals surface area contributed by atoms with Gasteiger partial charge in [-0.1, -0.05) is 11.6 Å². The maximum absolute atomic E-state index is 13.6. The molecule has 2 aromatic rings. The maximum atomic E-state index is 13.6. The Morgan fingerprint density at radius 3 is 2.80 bits per heavy atom. The van der Waals surface area contributed by atoms with Crippen LogP contribution in [0.1, 0.15) is 10.4 Å². The molecule has 8 heteroatoms. The van der Waals surface area contributed by atoms with Crippen molar-refractivity contribution in [1.82, 2.24) is 0 Å². The van der Waals surface area contributed by atoms with Crippen LogP contribution < -0.4 is 4.72 Å². The molecule has 0 aliphatic rings. The van der Waals surface area contributed by atoms with E-state index in [0.29, 0.717) is 10.4 Å². The summed E-state index contributed by atoms with van der Waals surface area (Å²) in [5, 5.41) is 11.0. The first-order valence-electron chi connectivity index (χ1n) is 5.51. The lowest BCUT2D eigenvalue weighted by molar-refractivity contribution is 0.282. The first kappa shape index (κ1) is 15.2. The Morgan fingerprint density at radius 2 is 2.15 bits per heavy atom.